The lowest BCUT2D eigenvalue weighted by Gasteiger charge is -2.39. The van der Waals surface area contributed by atoms with E-state index in [-0.39, 0.29) is 17.9 Å². The second kappa shape index (κ2) is 10.6. The number of aryl methyl sites for hydroxylation is 1. The van der Waals surface area contributed by atoms with E-state index in [0.29, 0.717) is 35.6 Å². The van der Waals surface area contributed by atoms with Crippen LogP contribution in [0.4, 0.5) is 5.82 Å². The van der Waals surface area contributed by atoms with Crippen LogP contribution in [0.2, 0.25) is 10.0 Å². The van der Waals surface area contributed by atoms with Crippen LogP contribution in [0.5, 0.6) is 0 Å². The van der Waals surface area contributed by atoms with Gasteiger partial charge >= 0.3 is 0 Å². The molecule has 1 aliphatic carbocycles. The van der Waals surface area contributed by atoms with E-state index in [0.717, 1.165) is 63.2 Å². The van der Waals surface area contributed by atoms with Gasteiger partial charge in [-0.3, -0.25) is 4.79 Å². The highest BCUT2D eigenvalue weighted by Gasteiger charge is 2.33. The maximum Gasteiger partial charge on any atom is 0.231 e. The summed E-state index contributed by atoms with van der Waals surface area (Å²) in [4.78, 5) is 29.5. The summed E-state index contributed by atoms with van der Waals surface area (Å²) >= 11 is 12.5. The first-order valence-corrected chi connectivity index (χ1v) is 13.4. The third-order valence-corrected chi connectivity index (χ3v) is 8.52. The van der Waals surface area contributed by atoms with Crippen LogP contribution in [0.1, 0.15) is 54.8 Å². The predicted molar refractivity (Wildman–Crippen MR) is 138 cm³/mol. The summed E-state index contributed by atoms with van der Waals surface area (Å²) in [5.41, 5.74) is 3.35. The van der Waals surface area contributed by atoms with Gasteiger partial charge in [-0.1, -0.05) is 36.2 Å². The molecule has 0 unspecified atom stereocenters. The number of halogens is 2. The molecule has 0 spiro atoms. The Labute approximate surface area is 217 Å². The Balaban J connectivity index is 1.31. The molecule has 1 amide bonds. The molecule has 2 fully saturated rings. The van der Waals surface area contributed by atoms with E-state index in [1.807, 2.05) is 17.0 Å². The zero-order chi connectivity index (χ0) is 24.5. The number of fused-ring (bicyclic) bond motifs is 1. The summed E-state index contributed by atoms with van der Waals surface area (Å²) in [5.74, 6) is 1.31. The van der Waals surface area contributed by atoms with Gasteiger partial charge in [-0.25, -0.2) is 9.97 Å². The molecular weight excluding hydrogens is 485 g/mol. The Kier molecular flexibility index (Phi) is 7.49. The molecule has 5 rings (SSSR count). The number of hydrogen-bond donors (Lipinski definition) is 1. The van der Waals surface area contributed by atoms with Crippen molar-refractivity contribution in [3.05, 3.63) is 51.4 Å². The minimum Gasteiger partial charge on any atom is -0.393 e. The number of rotatable bonds is 5. The molecule has 2 saturated heterocycles. The predicted octanol–water partition coefficient (Wildman–Crippen LogP) is 3.72. The number of piperazine rings is 1. The highest BCUT2D eigenvalue weighted by Crippen LogP contribution is 2.37. The van der Waals surface area contributed by atoms with Gasteiger partial charge in [0.05, 0.1) is 22.1 Å². The fourth-order valence-corrected chi connectivity index (χ4v) is 5.96. The molecule has 188 valence electrons. The SMILES string of the molecule is C[C@@H]1CCc2ncnc(N3CCN(C(=O)[C@@H](CN4CCC(O)CC4)c4ccc(Cl)c(Cl)c4)CC3)c21. The number of aromatic nitrogens is 2. The van der Waals surface area contributed by atoms with E-state index in [1.54, 1.807) is 12.4 Å². The molecule has 9 heteroatoms. The monoisotopic (exact) mass is 517 g/mol. The molecule has 0 saturated carbocycles. The normalized spacial score (nSPS) is 22.3. The molecule has 2 atom stereocenters. The van der Waals surface area contributed by atoms with Gasteiger partial charge in [0.2, 0.25) is 5.91 Å². The molecule has 1 N–H and O–H groups in total. The van der Waals surface area contributed by atoms with Crippen LogP contribution in [-0.2, 0) is 11.2 Å². The van der Waals surface area contributed by atoms with Crippen molar-refractivity contribution in [3.8, 4) is 0 Å². The molecule has 2 aromatic rings. The summed E-state index contributed by atoms with van der Waals surface area (Å²) in [7, 11) is 0. The number of benzene rings is 1. The van der Waals surface area contributed by atoms with Gasteiger partial charge in [0, 0.05) is 57.1 Å². The summed E-state index contributed by atoms with van der Waals surface area (Å²) < 4.78 is 0. The third kappa shape index (κ3) is 5.29. The van der Waals surface area contributed by atoms with Crippen LogP contribution in [0.25, 0.3) is 0 Å². The smallest absolute Gasteiger partial charge is 0.231 e. The number of amides is 1. The Morgan fingerprint density at radius 1 is 1.06 bits per heavy atom. The van der Waals surface area contributed by atoms with Crippen molar-refractivity contribution in [1.82, 2.24) is 19.8 Å². The van der Waals surface area contributed by atoms with Crippen LogP contribution < -0.4 is 4.90 Å². The van der Waals surface area contributed by atoms with Crippen LogP contribution in [-0.4, -0.2) is 82.7 Å². The molecule has 0 bridgehead atoms. The highest BCUT2D eigenvalue weighted by molar-refractivity contribution is 6.42. The Bertz CT molecular complexity index is 1070. The fourth-order valence-electron chi connectivity index (χ4n) is 5.65. The highest BCUT2D eigenvalue weighted by atomic mass is 35.5. The van der Waals surface area contributed by atoms with E-state index in [4.69, 9.17) is 23.2 Å². The molecule has 1 aromatic heterocycles. The minimum absolute atomic E-state index is 0.121. The fraction of sp³-hybridized carbons (Fsp3) is 0.577. The lowest BCUT2D eigenvalue weighted by Crippen LogP contribution is -2.52. The first-order chi connectivity index (χ1) is 16.9. The van der Waals surface area contributed by atoms with Crippen LogP contribution in [0.3, 0.4) is 0 Å². The summed E-state index contributed by atoms with van der Waals surface area (Å²) in [6.07, 6.45) is 5.05. The van der Waals surface area contributed by atoms with Crippen LogP contribution in [0, 0.1) is 0 Å². The van der Waals surface area contributed by atoms with Crippen LogP contribution >= 0.6 is 23.2 Å². The van der Waals surface area contributed by atoms with E-state index in [1.165, 1.54) is 11.3 Å². The van der Waals surface area contributed by atoms with Crippen molar-refractivity contribution in [3.63, 3.8) is 0 Å². The zero-order valence-electron chi connectivity index (χ0n) is 20.2. The lowest BCUT2D eigenvalue weighted by atomic mass is 9.95. The summed E-state index contributed by atoms with van der Waals surface area (Å²) in [6, 6.07) is 5.51. The molecule has 3 aliphatic rings. The average molecular weight is 518 g/mol. The average Bonchev–Trinajstić information content (AvgIpc) is 3.26. The lowest BCUT2D eigenvalue weighted by molar-refractivity contribution is -0.133. The first-order valence-electron chi connectivity index (χ1n) is 12.6. The van der Waals surface area contributed by atoms with Gasteiger partial charge in [0.1, 0.15) is 12.1 Å². The molecule has 3 heterocycles. The molecule has 7 nitrogen and oxygen atoms in total. The third-order valence-electron chi connectivity index (χ3n) is 7.79. The second-order valence-corrected chi connectivity index (χ2v) is 10.9. The van der Waals surface area contributed by atoms with Gasteiger partial charge < -0.3 is 19.8 Å². The summed E-state index contributed by atoms with van der Waals surface area (Å²) in [6.45, 7) is 7.26. The van der Waals surface area contributed by atoms with E-state index in [9.17, 15) is 9.90 Å². The number of aliphatic hydroxyl groups is 1. The number of carbonyl (C=O) groups is 1. The molecular formula is C26H33Cl2N5O2. The van der Waals surface area contributed by atoms with Crippen molar-refractivity contribution in [1.29, 1.82) is 0 Å². The Morgan fingerprint density at radius 3 is 2.51 bits per heavy atom. The maximum atomic E-state index is 13.8. The van der Waals surface area contributed by atoms with Crippen molar-refractivity contribution in [2.45, 2.75) is 50.5 Å². The number of likely N-dealkylation sites (tertiary alicyclic amines) is 1. The van der Waals surface area contributed by atoms with Gasteiger partial charge in [-0.15, -0.1) is 0 Å². The van der Waals surface area contributed by atoms with Gasteiger partial charge in [-0.05, 0) is 49.3 Å². The van der Waals surface area contributed by atoms with E-state index in [2.05, 4.69) is 26.7 Å². The van der Waals surface area contributed by atoms with Gasteiger partial charge in [0.15, 0.2) is 0 Å². The van der Waals surface area contributed by atoms with E-state index < -0.39 is 0 Å². The standard InChI is InChI=1S/C26H33Cl2N5O2/c1-17-2-5-23-24(17)25(30-16-29-23)32-10-12-33(13-11-32)26(35)20(15-31-8-6-19(34)7-9-31)18-3-4-21(27)22(28)14-18/h3-4,14,16-17,19-20,34H,2,5-13,15H2,1H3/t17-,20+/m1/s1. The number of carbonyl (C=O) groups excluding carboxylic acids is 1. The largest absolute Gasteiger partial charge is 0.393 e. The minimum atomic E-state index is -0.324. The first kappa shape index (κ1) is 24.8. The topological polar surface area (TPSA) is 72.8 Å². The number of hydrogen-bond acceptors (Lipinski definition) is 6. The number of aliphatic hydroxyl groups excluding tert-OH is 1. The molecule has 35 heavy (non-hydrogen) atoms. The summed E-state index contributed by atoms with van der Waals surface area (Å²) in [5, 5.41) is 10.9. The number of piperidine rings is 1. The zero-order valence-corrected chi connectivity index (χ0v) is 21.7. The van der Waals surface area contributed by atoms with Gasteiger partial charge in [-0.2, -0.15) is 0 Å². The second-order valence-electron chi connectivity index (χ2n) is 10.1. The quantitative estimate of drug-likeness (QED) is 0.651. The molecule has 0 radical (unpaired) electrons. The molecule has 1 aromatic carbocycles. The number of anilines is 1. The van der Waals surface area contributed by atoms with Crippen molar-refractivity contribution < 1.29 is 9.90 Å². The Morgan fingerprint density at radius 2 is 1.80 bits per heavy atom. The van der Waals surface area contributed by atoms with Gasteiger partial charge in [0.25, 0.3) is 0 Å². The van der Waals surface area contributed by atoms with Crippen molar-refractivity contribution >= 4 is 34.9 Å². The number of nitrogens with zero attached hydrogens (tertiary/aromatic N) is 5. The Hall–Kier alpha value is -1.93. The molecule has 2 aliphatic heterocycles. The van der Waals surface area contributed by atoms with E-state index >= 15 is 0 Å². The van der Waals surface area contributed by atoms with Crippen LogP contribution in [0.15, 0.2) is 24.5 Å². The maximum absolute atomic E-state index is 13.8. The van der Waals surface area contributed by atoms with Crippen molar-refractivity contribution in [2.75, 3.05) is 50.7 Å². The van der Waals surface area contributed by atoms with Crippen molar-refractivity contribution in [2.24, 2.45) is 0 Å².